The molecule has 1 aromatic heterocycles. The Kier molecular flexibility index (Phi) is 8.43. The summed E-state index contributed by atoms with van der Waals surface area (Å²) in [5, 5.41) is 0. The van der Waals surface area contributed by atoms with Crippen molar-refractivity contribution >= 4 is 0 Å². The first kappa shape index (κ1) is 36.5. The summed E-state index contributed by atoms with van der Waals surface area (Å²) in [6, 6.07) is 64.7. The number of rotatable bonds is 7. The van der Waals surface area contributed by atoms with E-state index in [1.54, 1.807) is 5.56 Å². The van der Waals surface area contributed by atoms with Gasteiger partial charge in [0.25, 0.3) is 0 Å². The van der Waals surface area contributed by atoms with Crippen LogP contribution in [0.3, 0.4) is 0 Å². The molecule has 4 bridgehead atoms. The summed E-state index contributed by atoms with van der Waals surface area (Å²) in [5.74, 6) is 3.50. The molecule has 0 unspecified atom stereocenters. The molecule has 13 rings (SSSR count). The zero-order valence-corrected chi connectivity index (χ0v) is 35.1. The number of aromatic nitrogens is 2. The molecule has 5 aliphatic rings. The normalized spacial score (nSPS) is 21.6. The fraction of sp³-hybridized carbons (Fsp3) is 0.220. The summed E-state index contributed by atoms with van der Waals surface area (Å²) in [7, 11) is 0. The highest BCUT2D eigenvalue weighted by Crippen LogP contribution is 2.61. The van der Waals surface area contributed by atoms with Gasteiger partial charge >= 0.3 is 0 Å². The van der Waals surface area contributed by atoms with Crippen LogP contribution in [0.1, 0.15) is 69.1 Å². The van der Waals surface area contributed by atoms with Crippen LogP contribution in [-0.2, 0) is 10.8 Å². The molecule has 61 heavy (non-hydrogen) atoms. The lowest BCUT2D eigenvalue weighted by Crippen LogP contribution is -2.48. The maximum Gasteiger partial charge on any atom is 0.160 e. The Morgan fingerprint density at radius 2 is 0.902 bits per heavy atom. The van der Waals surface area contributed by atoms with Gasteiger partial charge in [0.2, 0.25) is 0 Å². The van der Waals surface area contributed by atoms with Gasteiger partial charge in [-0.15, -0.1) is 0 Å². The SMILES string of the molecule is CC1(C)c2ccccc2-c2cc(-c3cc(-c4cccc(-c5ccccc5)c4)nc(-c4cccc(-c5ccccc5)c4)n3)cc(-c3ccc(C45CC6CC(CC(C6)C4)C5)cc3)c21. The van der Waals surface area contributed by atoms with Crippen LogP contribution < -0.4 is 0 Å². The average Bonchev–Trinajstić information content (AvgIpc) is 3.54. The standard InChI is InChI=1S/C59H50N2/c1-58(2)53-22-10-9-21-50(53)52-33-48(32-51(56(52)58)43-23-25-49(26-24-43)59-35-38-27-39(36-59)29-40(28-38)37-59)55-34-54(46-19-11-17-44(30-46)41-13-5-3-6-14-41)60-57(61-55)47-20-12-18-45(31-47)42-15-7-4-8-16-42/h3-26,30-34,38-40H,27-29,35-37H2,1-2H3. The molecular weight excluding hydrogens is 737 g/mol. The first-order chi connectivity index (χ1) is 29.9. The van der Waals surface area contributed by atoms with E-state index in [4.69, 9.17) is 9.97 Å². The van der Waals surface area contributed by atoms with Crippen molar-refractivity contribution in [3.63, 3.8) is 0 Å². The van der Waals surface area contributed by atoms with E-state index in [0.717, 1.165) is 57.2 Å². The second kappa shape index (κ2) is 14.1. The van der Waals surface area contributed by atoms with E-state index in [1.807, 2.05) is 0 Å². The minimum atomic E-state index is -0.157. The van der Waals surface area contributed by atoms with E-state index in [2.05, 4.69) is 190 Å². The fourth-order valence-electron chi connectivity index (χ4n) is 12.6. The lowest BCUT2D eigenvalue weighted by atomic mass is 9.48. The maximum absolute atomic E-state index is 5.48. The van der Waals surface area contributed by atoms with Gasteiger partial charge in [-0.25, -0.2) is 9.97 Å². The fourth-order valence-corrected chi connectivity index (χ4v) is 12.6. The van der Waals surface area contributed by atoms with E-state index in [1.165, 1.54) is 88.6 Å². The molecule has 4 saturated carbocycles. The molecule has 4 fully saturated rings. The van der Waals surface area contributed by atoms with Gasteiger partial charge in [0.1, 0.15) is 0 Å². The van der Waals surface area contributed by atoms with Gasteiger partial charge in [-0.05, 0) is 153 Å². The Labute approximate surface area is 360 Å². The lowest BCUT2D eigenvalue weighted by molar-refractivity contribution is -0.00518. The molecule has 1 heterocycles. The van der Waals surface area contributed by atoms with Crippen molar-refractivity contribution in [2.75, 3.05) is 0 Å². The molecule has 0 spiro atoms. The zero-order chi connectivity index (χ0) is 40.7. The molecule has 0 amide bonds. The third-order valence-corrected chi connectivity index (χ3v) is 15.0. The predicted octanol–water partition coefficient (Wildman–Crippen LogP) is 15.3. The molecule has 0 aliphatic heterocycles. The molecule has 5 aliphatic carbocycles. The third kappa shape index (κ3) is 6.22. The molecule has 7 aromatic carbocycles. The predicted molar refractivity (Wildman–Crippen MR) is 252 cm³/mol. The van der Waals surface area contributed by atoms with Crippen molar-refractivity contribution in [3.8, 4) is 78.4 Å². The molecule has 296 valence electrons. The molecule has 2 heteroatoms. The molecule has 0 atom stereocenters. The Hall–Kier alpha value is -6.38. The minimum absolute atomic E-state index is 0.157. The highest BCUT2D eigenvalue weighted by molar-refractivity contribution is 5.92. The molecule has 0 saturated heterocycles. The van der Waals surface area contributed by atoms with E-state index in [-0.39, 0.29) is 5.41 Å². The molecule has 0 N–H and O–H groups in total. The van der Waals surface area contributed by atoms with Crippen LogP contribution in [0.4, 0.5) is 0 Å². The monoisotopic (exact) mass is 786 g/mol. The zero-order valence-electron chi connectivity index (χ0n) is 35.1. The molecule has 0 radical (unpaired) electrons. The highest BCUT2D eigenvalue weighted by atomic mass is 14.9. The van der Waals surface area contributed by atoms with Gasteiger partial charge < -0.3 is 0 Å². The van der Waals surface area contributed by atoms with Gasteiger partial charge in [0.15, 0.2) is 5.82 Å². The van der Waals surface area contributed by atoms with E-state index in [0.29, 0.717) is 5.41 Å². The van der Waals surface area contributed by atoms with Crippen LogP contribution in [0.25, 0.3) is 78.4 Å². The number of hydrogen-bond donors (Lipinski definition) is 0. The first-order valence-corrected chi connectivity index (χ1v) is 22.5. The molecule has 2 nitrogen and oxygen atoms in total. The van der Waals surface area contributed by atoms with Gasteiger partial charge in [0, 0.05) is 22.1 Å². The van der Waals surface area contributed by atoms with Crippen molar-refractivity contribution in [1.82, 2.24) is 9.97 Å². The summed E-state index contributed by atoms with van der Waals surface area (Å²) in [6.07, 6.45) is 8.55. The van der Waals surface area contributed by atoms with E-state index < -0.39 is 0 Å². The van der Waals surface area contributed by atoms with Crippen LogP contribution in [0, 0.1) is 17.8 Å². The number of benzene rings is 7. The van der Waals surface area contributed by atoms with Gasteiger partial charge in [0.05, 0.1) is 11.4 Å². The number of fused-ring (bicyclic) bond motifs is 3. The Morgan fingerprint density at radius 1 is 0.393 bits per heavy atom. The van der Waals surface area contributed by atoms with Crippen molar-refractivity contribution in [3.05, 3.63) is 193 Å². The largest absolute Gasteiger partial charge is 0.228 e. The summed E-state index contributed by atoms with van der Waals surface area (Å²) in [4.78, 5) is 10.8. The highest BCUT2D eigenvalue weighted by Gasteiger charge is 2.51. The van der Waals surface area contributed by atoms with Gasteiger partial charge in [-0.3, -0.25) is 0 Å². The van der Waals surface area contributed by atoms with Gasteiger partial charge in [-0.2, -0.15) is 0 Å². The quantitative estimate of drug-likeness (QED) is 0.161. The van der Waals surface area contributed by atoms with Crippen LogP contribution in [-0.4, -0.2) is 9.97 Å². The molecular formula is C59H50N2. The summed E-state index contributed by atoms with van der Waals surface area (Å²) in [5.41, 5.74) is 19.5. The lowest BCUT2D eigenvalue weighted by Gasteiger charge is -2.57. The van der Waals surface area contributed by atoms with Crippen LogP contribution in [0.2, 0.25) is 0 Å². The molecule has 8 aromatic rings. The Morgan fingerprint density at radius 3 is 1.54 bits per heavy atom. The number of nitrogens with zero attached hydrogens (tertiary/aromatic N) is 2. The smallest absolute Gasteiger partial charge is 0.160 e. The van der Waals surface area contributed by atoms with E-state index >= 15 is 0 Å². The van der Waals surface area contributed by atoms with Crippen molar-refractivity contribution in [2.24, 2.45) is 17.8 Å². The number of hydrogen-bond acceptors (Lipinski definition) is 2. The van der Waals surface area contributed by atoms with Crippen LogP contribution in [0.5, 0.6) is 0 Å². The van der Waals surface area contributed by atoms with Gasteiger partial charge in [-0.1, -0.05) is 159 Å². The van der Waals surface area contributed by atoms with E-state index in [9.17, 15) is 0 Å². The first-order valence-electron chi connectivity index (χ1n) is 22.5. The van der Waals surface area contributed by atoms with Crippen LogP contribution >= 0.6 is 0 Å². The third-order valence-electron chi connectivity index (χ3n) is 15.0. The second-order valence-electron chi connectivity index (χ2n) is 19.2. The maximum atomic E-state index is 5.48. The van der Waals surface area contributed by atoms with Crippen LogP contribution in [0.15, 0.2) is 176 Å². The Balaban J connectivity index is 1.04. The Bertz CT molecular complexity index is 2820. The summed E-state index contributed by atoms with van der Waals surface area (Å²) < 4.78 is 0. The summed E-state index contributed by atoms with van der Waals surface area (Å²) in [6.45, 7) is 4.82. The minimum Gasteiger partial charge on any atom is -0.228 e. The van der Waals surface area contributed by atoms with Crippen molar-refractivity contribution < 1.29 is 0 Å². The second-order valence-corrected chi connectivity index (χ2v) is 19.2. The topological polar surface area (TPSA) is 25.8 Å². The summed E-state index contributed by atoms with van der Waals surface area (Å²) >= 11 is 0. The van der Waals surface area contributed by atoms with Crippen molar-refractivity contribution in [1.29, 1.82) is 0 Å². The average molecular weight is 787 g/mol. The van der Waals surface area contributed by atoms with Crippen molar-refractivity contribution in [2.45, 2.75) is 63.2 Å².